The second kappa shape index (κ2) is 5.33. The summed E-state index contributed by atoms with van der Waals surface area (Å²) in [5.74, 6) is 0.829. The number of nitrogens with one attached hydrogen (secondary N) is 1. The van der Waals surface area contributed by atoms with Crippen molar-refractivity contribution < 1.29 is 14.9 Å². The minimum absolute atomic E-state index is 0.0258. The average Bonchev–Trinajstić information content (AvgIpc) is 2.91. The van der Waals surface area contributed by atoms with E-state index in [-0.39, 0.29) is 11.5 Å². The fourth-order valence-corrected chi connectivity index (χ4v) is 2.12. The molecule has 6 heteroatoms. The van der Waals surface area contributed by atoms with Gasteiger partial charge in [0, 0.05) is 11.6 Å². The maximum Gasteiger partial charge on any atom is 0.173 e. The Hall–Kier alpha value is -3.15. The van der Waals surface area contributed by atoms with Crippen LogP contribution in [-0.4, -0.2) is 20.4 Å². The molecule has 0 fully saturated rings. The zero-order valence-corrected chi connectivity index (χ0v) is 11.9. The summed E-state index contributed by atoms with van der Waals surface area (Å²) in [5, 5.41) is 26.1. The molecule has 0 spiro atoms. The van der Waals surface area contributed by atoms with Gasteiger partial charge < -0.3 is 20.7 Å². The normalized spacial score (nSPS) is 10.6. The number of hydrogen-bond donors (Lipinski definition) is 4. The van der Waals surface area contributed by atoms with Crippen LogP contribution in [0.4, 0.5) is 5.69 Å². The molecular formula is C16H15N3O3. The molecular weight excluding hydrogens is 282 g/mol. The van der Waals surface area contributed by atoms with Crippen LogP contribution in [0.3, 0.4) is 0 Å². The van der Waals surface area contributed by atoms with Crippen LogP contribution in [0.5, 0.6) is 23.0 Å². The second-order valence-corrected chi connectivity index (χ2v) is 4.94. The highest BCUT2D eigenvalue weighted by Gasteiger charge is 2.15. The van der Waals surface area contributed by atoms with Crippen LogP contribution in [0.2, 0.25) is 0 Å². The summed E-state index contributed by atoms with van der Waals surface area (Å²) in [6.45, 7) is 1.94. The van der Waals surface area contributed by atoms with Crippen LogP contribution in [0, 0.1) is 6.92 Å². The summed E-state index contributed by atoms with van der Waals surface area (Å²) in [6.07, 6.45) is 1.57. The minimum Gasteiger partial charge on any atom is -0.508 e. The molecule has 0 radical (unpaired) electrons. The Balaban J connectivity index is 2.00. The van der Waals surface area contributed by atoms with E-state index < -0.39 is 0 Å². The molecule has 0 aliphatic carbocycles. The lowest BCUT2D eigenvalue weighted by atomic mass is 10.1. The molecule has 1 heterocycles. The van der Waals surface area contributed by atoms with Gasteiger partial charge in [0.25, 0.3) is 0 Å². The molecule has 2 aromatic carbocycles. The molecule has 112 valence electrons. The van der Waals surface area contributed by atoms with Crippen molar-refractivity contribution in [1.82, 2.24) is 10.2 Å². The predicted molar refractivity (Wildman–Crippen MR) is 83.0 cm³/mol. The summed E-state index contributed by atoms with van der Waals surface area (Å²) in [7, 11) is 0. The Bertz CT molecular complexity index is 827. The van der Waals surface area contributed by atoms with Crippen LogP contribution in [-0.2, 0) is 0 Å². The van der Waals surface area contributed by atoms with Crippen LogP contribution in [0.1, 0.15) is 5.56 Å². The number of aromatic nitrogens is 2. The number of aromatic hydroxyl groups is 2. The van der Waals surface area contributed by atoms with Gasteiger partial charge >= 0.3 is 0 Å². The lowest BCUT2D eigenvalue weighted by Crippen LogP contribution is -1.93. The zero-order valence-electron chi connectivity index (χ0n) is 11.9. The van der Waals surface area contributed by atoms with E-state index in [1.165, 1.54) is 12.1 Å². The number of hydrogen-bond acceptors (Lipinski definition) is 5. The largest absolute Gasteiger partial charge is 0.508 e. The molecule has 0 aliphatic heterocycles. The smallest absolute Gasteiger partial charge is 0.173 e. The first-order chi connectivity index (χ1) is 10.5. The van der Waals surface area contributed by atoms with E-state index in [0.29, 0.717) is 28.4 Å². The highest BCUT2D eigenvalue weighted by molar-refractivity contribution is 5.73. The number of anilines is 1. The van der Waals surface area contributed by atoms with Crippen molar-refractivity contribution in [1.29, 1.82) is 0 Å². The lowest BCUT2D eigenvalue weighted by molar-refractivity contribution is 0.450. The van der Waals surface area contributed by atoms with Gasteiger partial charge in [-0.2, -0.15) is 5.10 Å². The van der Waals surface area contributed by atoms with Gasteiger partial charge in [-0.15, -0.1) is 0 Å². The number of benzene rings is 2. The van der Waals surface area contributed by atoms with Crippen molar-refractivity contribution in [2.75, 3.05) is 5.73 Å². The van der Waals surface area contributed by atoms with Crippen molar-refractivity contribution >= 4 is 5.69 Å². The van der Waals surface area contributed by atoms with Crippen LogP contribution >= 0.6 is 0 Å². The topological polar surface area (TPSA) is 104 Å². The first-order valence-electron chi connectivity index (χ1n) is 6.64. The molecule has 3 rings (SSSR count). The van der Waals surface area contributed by atoms with E-state index in [4.69, 9.17) is 10.5 Å². The lowest BCUT2D eigenvalue weighted by Gasteiger charge is -2.10. The van der Waals surface area contributed by atoms with Crippen molar-refractivity contribution in [2.45, 2.75) is 6.92 Å². The Kier molecular flexibility index (Phi) is 3.34. The van der Waals surface area contributed by atoms with E-state index in [0.717, 1.165) is 5.56 Å². The molecule has 0 saturated carbocycles. The summed E-state index contributed by atoms with van der Waals surface area (Å²) in [4.78, 5) is 0. The fraction of sp³-hybridized carbons (Fsp3) is 0.0625. The summed E-state index contributed by atoms with van der Waals surface area (Å²) in [6, 6.07) is 9.76. The SMILES string of the molecule is Cc1ccc(N)c(Oc2c[nH]nc2-c2ccc(O)cc2O)c1. The highest BCUT2D eigenvalue weighted by atomic mass is 16.5. The van der Waals surface area contributed by atoms with Gasteiger partial charge in [0.2, 0.25) is 0 Å². The fourth-order valence-electron chi connectivity index (χ4n) is 2.12. The standard InChI is InChI=1S/C16H15N3O3/c1-9-2-5-12(17)14(6-9)22-15-8-18-19-16(15)11-4-3-10(20)7-13(11)21/h2-8,20-21H,17H2,1H3,(H,18,19). The van der Waals surface area contributed by atoms with Gasteiger partial charge in [0.1, 0.15) is 17.2 Å². The van der Waals surface area contributed by atoms with Crippen molar-refractivity contribution in [3.63, 3.8) is 0 Å². The highest BCUT2D eigenvalue weighted by Crippen LogP contribution is 2.38. The Morgan fingerprint density at radius 2 is 1.91 bits per heavy atom. The number of H-pyrrole nitrogens is 1. The summed E-state index contributed by atoms with van der Waals surface area (Å²) >= 11 is 0. The van der Waals surface area contributed by atoms with Gasteiger partial charge in [-0.3, -0.25) is 5.10 Å². The first kappa shape index (κ1) is 13.8. The third kappa shape index (κ3) is 2.54. The number of nitrogens with two attached hydrogens (primary N) is 1. The molecule has 22 heavy (non-hydrogen) atoms. The van der Waals surface area contributed by atoms with Gasteiger partial charge in [0.15, 0.2) is 11.5 Å². The van der Waals surface area contributed by atoms with E-state index in [2.05, 4.69) is 10.2 Å². The van der Waals surface area contributed by atoms with Gasteiger partial charge in [0.05, 0.1) is 11.9 Å². The molecule has 3 aromatic rings. The van der Waals surface area contributed by atoms with Crippen molar-refractivity contribution in [3.8, 4) is 34.3 Å². The monoisotopic (exact) mass is 297 g/mol. The molecule has 1 aromatic heterocycles. The van der Waals surface area contributed by atoms with Gasteiger partial charge in [-0.25, -0.2) is 0 Å². The number of aromatic amines is 1. The molecule has 0 bridgehead atoms. The second-order valence-electron chi connectivity index (χ2n) is 4.94. The Labute approximate surface area is 126 Å². The van der Waals surface area contributed by atoms with Crippen LogP contribution in [0.25, 0.3) is 11.3 Å². The van der Waals surface area contributed by atoms with Gasteiger partial charge in [-0.1, -0.05) is 6.07 Å². The molecule has 5 N–H and O–H groups in total. The third-order valence-electron chi connectivity index (χ3n) is 3.23. The molecule has 0 aliphatic rings. The van der Waals surface area contributed by atoms with E-state index in [1.807, 2.05) is 19.1 Å². The van der Waals surface area contributed by atoms with E-state index in [1.54, 1.807) is 18.3 Å². The molecule has 0 saturated heterocycles. The van der Waals surface area contributed by atoms with Gasteiger partial charge in [-0.05, 0) is 36.8 Å². The number of phenolic OH excluding ortho intramolecular Hbond substituents is 2. The zero-order chi connectivity index (χ0) is 15.7. The molecule has 0 atom stereocenters. The quantitative estimate of drug-likeness (QED) is 0.556. The van der Waals surface area contributed by atoms with Crippen LogP contribution in [0.15, 0.2) is 42.6 Å². The molecule has 0 amide bonds. The average molecular weight is 297 g/mol. The molecule has 6 nitrogen and oxygen atoms in total. The third-order valence-corrected chi connectivity index (χ3v) is 3.23. The number of nitrogen functional groups attached to an aromatic ring is 1. The number of nitrogens with zero attached hydrogens (tertiary/aromatic N) is 1. The molecule has 0 unspecified atom stereocenters. The predicted octanol–water partition coefficient (Wildman–Crippen LogP) is 3.17. The number of rotatable bonds is 3. The van der Waals surface area contributed by atoms with Crippen LogP contribution < -0.4 is 10.5 Å². The summed E-state index contributed by atoms with van der Waals surface area (Å²) < 4.78 is 5.81. The number of ether oxygens (including phenoxy) is 1. The Morgan fingerprint density at radius 3 is 2.68 bits per heavy atom. The number of aryl methyl sites for hydroxylation is 1. The maximum absolute atomic E-state index is 9.96. The number of phenols is 2. The summed E-state index contributed by atoms with van der Waals surface area (Å²) in [5.41, 5.74) is 8.30. The minimum atomic E-state index is -0.0887. The van der Waals surface area contributed by atoms with E-state index in [9.17, 15) is 10.2 Å². The maximum atomic E-state index is 9.96. The van der Waals surface area contributed by atoms with Crippen molar-refractivity contribution in [2.24, 2.45) is 0 Å². The Morgan fingerprint density at radius 1 is 1.09 bits per heavy atom. The van der Waals surface area contributed by atoms with Crippen molar-refractivity contribution in [3.05, 3.63) is 48.2 Å². The van der Waals surface area contributed by atoms with E-state index >= 15 is 0 Å². The first-order valence-corrected chi connectivity index (χ1v) is 6.64.